The van der Waals surface area contributed by atoms with E-state index in [0.717, 1.165) is 46.4 Å². The zero-order chi connectivity index (χ0) is 16.9. The number of rotatable bonds is 5. The molecule has 134 valence electrons. The van der Waals surface area contributed by atoms with Gasteiger partial charge in [0, 0.05) is 30.3 Å². The number of hydrogen-bond donors (Lipinski definition) is 2. The minimum Gasteiger partial charge on any atom is -0.459 e. The van der Waals surface area contributed by atoms with Gasteiger partial charge in [-0.3, -0.25) is 4.99 Å². The molecule has 25 heavy (non-hydrogen) atoms. The van der Waals surface area contributed by atoms with Crippen LogP contribution in [-0.4, -0.2) is 24.5 Å². The highest BCUT2D eigenvalue weighted by Crippen LogP contribution is 2.18. The second-order valence-corrected chi connectivity index (χ2v) is 6.89. The van der Waals surface area contributed by atoms with Gasteiger partial charge in [0.2, 0.25) is 0 Å². The first-order valence-electron chi connectivity index (χ1n) is 8.00. The molecular weight excluding hydrogens is 447 g/mol. The minimum absolute atomic E-state index is 0. The molecule has 0 amide bonds. The average molecular weight is 470 g/mol. The van der Waals surface area contributed by atoms with Gasteiger partial charge in [0.05, 0.1) is 17.2 Å². The maximum absolute atomic E-state index is 5.80. The molecule has 0 unspecified atom stereocenters. The van der Waals surface area contributed by atoms with Crippen LogP contribution in [0.15, 0.2) is 39.7 Å². The van der Waals surface area contributed by atoms with E-state index in [2.05, 4.69) is 40.5 Å². The van der Waals surface area contributed by atoms with Gasteiger partial charge in [-0.25, -0.2) is 4.98 Å². The van der Waals surface area contributed by atoms with E-state index in [1.54, 1.807) is 18.4 Å². The molecule has 0 radical (unpaired) electrons. The first-order valence-corrected chi connectivity index (χ1v) is 8.82. The molecule has 3 aromatic rings. The molecule has 0 saturated heterocycles. The van der Waals surface area contributed by atoms with Crippen LogP contribution in [0.2, 0.25) is 0 Å². The number of furan rings is 1. The molecule has 0 aliphatic rings. The fourth-order valence-corrected chi connectivity index (χ4v) is 3.38. The smallest absolute Gasteiger partial charge is 0.191 e. The summed E-state index contributed by atoms with van der Waals surface area (Å²) in [4.78, 5) is 10.1. The molecular formula is C18H23IN4OS. The summed E-state index contributed by atoms with van der Waals surface area (Å²) < 4.78 is 5.80. The van der Waals surface area contributed by atoms with Gasteiger partial charge in [0.15, 0.2) is 5.96 Å². The normalized spacial score (nSPS) is 11.4. The number of nitrogens with one attached hydrogen (secondary N) is 2. The van der Waals surface area contributed by atoms with Crippen molar-refractivity contribution >= 4 is 52.2 Å². The third kappa shape index (κ3) is 5.18. The predicted octanol–water partition coefficient (Wildman–Crippen LogP) is 4.03. The number of aliphatic imine (C=N–C) groups is 1. The lowest BCUT2D eigenvalue weighted by Gasteiger charge is -2.10. The van der Waals surface area contributed by atoms with Gasteiger partial charge in [0.25, 0.3) is 0 Å². The maximum atomic E-state index is 5.80. The van der Waals surface area contributed by atoms with E-state index < -0.39 is 0 Å². The first-order chi connectivity index (χ1) is 11.7. The van der Waals surface area contributed by atoms with E-state index in [1.165, 1.54) is 4.88 Å². The lowest BCUT2D eigenvalue weighted by Crippen LogP contribution is -2.37. The number of para-hydroxylation sites is 1. The van der Waals surface area contributed by atoms with Crippen LogP contribution in [0.4, 0.5) is 0 Å². The number of thiazole rings is 1. The Balaban J connectivity index is 0.00000225. The predicted molar refractivity (Wildman–Crippen MR) is 115 cm³/mol. The summed E-state index contributed by atoms with van der Waals surface area (Å²) in [5.41, 5.74) is 2.04. The lowest BCUT2D eigenvalue weighted by atomic mass is 10.2. The first kappa shape index (κ1) is 19.7. The van der Waals surface area contributed by atoms with Crippen molar-refractivity contribution in [2.45, 2.75) is 26.8 Å². The largest absolute Gasteiger partial charge is 0.459 e. The lowest BCUT2D eigenvalue weighted by molar-refractivity contribution is 0.538. The fraction of sp³-hybridized carbons (Fsp3) is 0.333. The monoisotopic (exact) mass is 470 g/mol. The summed E-state index contributed by atoms with van der Waals surface area (Å²) >= 11 is 1.76. The molecule has 0 aliphatic heterocycles. The van der Waals surface area contributed by atoms with Crippen molar-refractivity contribution in [2.75, 3.05) is 13.6 Å². The highest BCUT2D eigenvalue weighted by molar-refractivity contribution is 14.0. The molecule has 5 nitrogen and oxygen atoms in total. The molecule has 2 heterocycles. The van der Waals surface area contributed by atoms with Gasteiger partial charge in [0.1, 0.15) is 11.3 Å². The third-order valence-corrected chi connectivity index (χ3v) is 4.97. The topological polar surface area (TPSA) is 62.5 Å². The van der Waals surface area contributed by atoms with E-state index in [-0.39, 0.29) is 24.0 Å². The highest BCUT2D eigenvalue weighted by Gasteiger charge is 2.06. The number of guanidine groups is 1. The number of nitrogens with zero attached hydrogens (tertiary/aromatic N) is 2. The van der Waals surface area contributed by atoms with E-state index in [1.807, 2.05) is 24.3 Å². The van der Waals surface area contributed by atoms with Crippen LogP contribution < -0.4 is 10.6 Å². The van der Waals surface area contributed by atoms with Crippen molar-refractivity contribution in [3.8, 4) is 0 Å². The van der Waals surface area contributed by atoms with Crippen molar-refractivity contribution in [3.63, 3.8) is 0 Å². The summed E-state index contributed by atoms with van der Waals surface area (Å²) in [6, 6.07) is 10.1. The Kier molecular flexibility index (Phi) is 7.24. The van der Waals surface area contributed by atoms with Crippen LogP contribution in [-0.2, 0) is 13.0 Å². The van der Waals surface area contributed by atoms with Crippen LogP contribution in [0.1, 0.15) is 21.3 Å². The van der Waals surface area contributed by atoms with E-state index in [9.17, 15) is 0 Å². The molecule has 0 bridgehead atoms. The van der Waals surface area contributed by atoms with Crippen LogP contribution >= 0.6 is 35.3 Å². The van der Waals surface area contributed by atoms with Gasteiger partial charge < -0.3 is 15.1 Å². The van der Waals surface area contributed by atoms with Gasteiger partial charge in [-0.05, 0) is 26.0 Å². The molecule has 0 fully saturated rings. The Bertz CT molecular complexity index is 803. The number of fused-ring (bicyclic) bond motifs is 1. The molecule has 0 atom stereocenters. The summed E-state index contributed by atoms with van der Waals surface area (Å²) in [6.45, 7) is 5.56. The summed E-state index contributed by atoms with van der Waals surface area (Å²) in [5, 5.41) is 8.87. The second-order valence-electron chi connectivity index (χ2n) is 5.60. The van der Waals surface area contributed by atoms with E-state index >= 15 is 0 Å². The van der Waals surface area contributed by atoms with Gasteiger partial charge in [-0.2, -0.15) is 0 Å². The second kappa shape index (κ2) is 9.19. The Morgan fingerprint density at radius 2 is 2.04 bits per heavy atom. The molecule has 0 saturated carbocycles. The Morgan fingerprint density at radius 1 is 1.24 bits per heavy atom. The Morgan fingerprint density at radius 3 is 2.72 bits per heavy atom. The van der Waals surface area contributed by atoms with E-state index in [4.69, 9.17) is 4.42 Å². The van der Waals surface area contributed by atoms with Crippen molar-refractivity contribution in [1.82, 2.24) is 15.6 Å². The van der Waals surface area contributed by atoms with Gasteiger partial charge in [-0.1, -0.05) is 18.2 Å². The third-order valence-electron chi connectivity index (χ3n) is 3.83. The molecule has 2 N–H and O–H groups in total. The highest BCUT2D eigenvalue weighted by atomic mass is 127. The Hall–Kier alpha value is -1.61. The number of halogens is 1. The molecule has 2 aromatic heterocycles. The summed E-state index contributed by atoms with van der Waals surface area (Å²) in [5.74, 6) is 1.66. The fourth-order valence-electron chi connectivity index (χ4n) is 2.45. The zero-order valence-electron chi connectivity index (χ0n) is 14.6. The van der Waals surface area contributed by atoms with Crippen LogP contribution in [0.3, 0.4) is 0 Å². The summed E-state index contributed by atoms with van der Waals surface area (Å²) in [6.07, 6.45) is 0.894. The minimum atomic E-state index is 0. The average Bonchev–Trinajstić information content (AvgIpc) is 3.13. The SMILES string of the molecule is CN=C(NCCc1nc(C)c(C)s1)NCc1cc2ccccc2o1.I. The quantitative estimate of drug-likeness (QED) is 0.336. The summed E-state index contributed by atoms with van der Waals surface area (Å²) in [7, 11) is 1.77. The van der Waals surface area contributed by atoms with Crippen molar-refractivity contribution in [3.05, 3.63) is 51.7 Å². The zero-order valence-corrected chi connectivity index (χ0v) is 17.8. The van der Waals surface area contributed by atoms with Crippen LogP contribution in [0, 0.1) is 13.8 Å². The molecule has 1 aromatic carbocycles. The van der Waals surface area contributed by atoms with E-state index in [0.29, 0.717) is 6.54 Å². The molecule has 0 spiro atoms. The number of aryl methyl sites for hydroxylation is 2. The maximum Gasteiger partial charge on any atom is 0.191 e. The molecule has 3 rings (SSSR count). The number of aromatic nitrogens is 1. The van der Waals surface area contributed by atoms with Gasteiger partial charge in [-0.15, -0.1) is 35.3 Å². The molecule has 7 heteroatoms. The van der Waals surface area contributed by atoms with Crippen molar-refractivity contribution in [1.29, 1.82) is 0 Å². The van der Waals surface area contributed by atoms with Crippen molar-refractivity contribution in [2.24, 2.45) is 4.99 Å². The molecule has 0 aliphatic carbocycles. The number of benzene rings is 1. The number of hydrogen-bond acceptors (Lipinski definition) is 4. The van der Waals surface area contributed by atoms with Crippen LogP contribution in [0.25, 0.3) is 11.0 Å². The Labute approximate surface area is 169 Å². The van der Waals surface area contributed by atoms with Gasteiger partial charge >= 0.3 is 0 Å². The van der Waals surface area contributed by atoms with Crippen molar-refractivity contribution < 1.29 is 4.42 Å². The van der Waals surface area contributed by atoms with Crippen LogP contribution in [0.5, 0.6) is 0 Å². The standard InChI is InChI=1S/C18H22N4OS.HI/c1-12-13(2)24-17(22-12)8-9-20-18(19-3)21-11-15-10-14-6-4-5-7-16(14)23-15;/h4-7,10H,8-9,11H2,1-3H3,(H2,19,20,21);1H.